The Kier molecular flexibility index (Phi) is 5.20. The number of carbonyl (C=O) groups is 1. The number of aromatic amines is 1. The van der Waals surface area contributed by atoms with Gasteiger partial charge in [-0.2, -0.15) is 0 Å². The number of anilines is 1. The summed E-state index contributed by atoms with van der Waals surface area (Å²) in [4.78, 5) is 20.2. The number of rotatable bonds is 6. The van der Waals surface area contributed by atoms with Crippen LogP contribution in [0.4, 0.5) is 5.88 Å². The van der Waals surface area contributed by atoms with E-state index in [1.807, 2.05) is 60.7 Å². The Bertz CT molecular complexity index is 1020. The molecule has 0 aliphatic heterocycles. The fourth-order valence-corrected chi connectivity index (χ4v) is 3.40. The van der Waals surface area contributed by atoms with Crippen LogP contribution >= 0.6 is 11.8 Å². The SMILES string of the molecule is C[n+]1cc(NC(=O)CSc2nc(-c3ccccc3)c(-c3ccccc3)[nH]2)on1. The van der Waals surface area contributed by atoms with Crippen molar-refractivity contribution in [3.8, 4) is 22.5 Å². The Labute approximate surface area is 165 Å². The van der Waals surface area contributed by atoms with Gasteiger partial charge in [0.25, 0.3) is 6.20 Å². The lowest BCUT2D eigenvalue weighted by molar-refractivity contribution is -0.739. The van der Waals surface area contributed by atoms with Crippen LogP contribution in [0.2, 0.25) is 0 Å². The molecule has 140 valence electrons. The van der Waals surface area contributed by atoms with Gasteiger partial charge in [-0.3, -0.25) is 14.6 Å². The highest BCUT2D eigenvalue weighted by molar-refractivity contribution is 7.99. The third-order valence-electron chi connectivity index (χ3n) is 3.97. The molecule has 0 spiro atoms. The number of nitrogens with one attached hydrogen (secondary N) is 2. The second kappa shape index (κ2) is 8.10. The Hall–Kier alpha value is -3.39. The third-order valence-corrected chi connectivity index (χ3v) is 4.84. The first kappa shape index (κ1) is 18.0. The summed E-state index contributed by atoms with van der Waals surface area (Å²) in [6.45, 7) is 0. The molecule has 8 heteroatoms. The average Bonchev–Trinajstić information content (AvgIpc) is 3.34. The average molecular weight is 392 g/mol. The minimum atomic E-state index is -0.194. The Morgan fingerprint density at radius 1 is 1.11 bits per heavy atom. The summed E-state index contributed by atoms with van der Waals surface area (Å²) in [7, 11) is 1.72. The first-order valence-corrected chi connectivity index (χ1v) is 9.64. The number of imidazole rings is 1. The standard InChI is InChI=1S/C20H17N5O2S/c1-25-12-17(27-24-25)21-16(26)13-28-20-22-18(14-8-4-2-5-9-14)19(23-20)15-10-6-3-7-11-15/h2-12H,13H2,1H3,(H-,21,22,23,24,26)/p+1. The summed E-state index contributed by atoms with van der Waals surface area (Å²) in [5.74, 6) is 0.309. The van der Waals surface area contributed by atoms with Crippen LogP contribution in [0.5, 0.6) is 0 Å². The summed E-state index contributed by atoms with van der Waals surface area (Å²) in [5, 5.41) is 7.01. The van der Waals surface area contributed by atoms with Gasteiger partial charge < -0.3 is 4.98 Å². The number of benzene rings is 2. The summed E-state index contributed by atoms with van der Waals surface area (Å²) in [6.07, 6.45) is 1.59. The maximum Gasteiger partial charge on any atom is 0.302 e. The largest absolute Gasteiger partial charge is 0.332 e. The molecule has 0 fully saturated rings. The number of H-pyrrole nitrogens is 1. The van der Waals surface area contributed by atoms with Crippen LogP contribution in [0.15, 0.2) is 76.5 Å². The number of nitrogens with zero attached hydrogens (tertiary/aromatic N) is 3. The number of aromatic nitrogens is 4. The lowest BCUT2D eigenvalue weighted by atomic mass is 10.1. The van der Waals surface area contributed by atoms with Crippen molar-refractivity contribution in [3.63, 3.8) is 0 Å². The van der Waals surface area contributed by atoms with E-state index in [1.54, 1.807) is 13.2 Å². The molecule has 2 N–H and O–H groups in total. The number of thioether (sulfide) groups is 1. The highest BCUT2D eigenvalue weighted by Crippen LogP contribution is 2.32. The van der Waals surface area contributed by atoms with E-state index in [2.05, 4.69) is 15.6 Å². The predicted molar refractivity (Wildman–Crippen MR) is 106 cm³/mol. The molecule has 28 heavy (non-hydrogen) atoms. The fourth-order valence-electron chi connectivity index (χ4n) is 2.73. The first-order valence-electron chi connectivity index (χ1n) is 8.65. The monoisotopic (exact) mass is 392 g/mol. The van der Waals surface area contributed by atoms with Gasteiger partial charge in [0, 0.05) is 11.1 Å². The third kappa shape index (κ3) is 4.12. The van der Waals surface area contributed by atoms with Gasteiger partial charge >= 0.3 is 5.88 Å². The summed E-state index contributed by atoms with van der Waals surface area (Å²) < 4.78 is 6.45. The number of carbonyl (C=O) groups excluding carboxylic acids is 1. The molecule has 7 nitrogen and oxygen atoms in total. The van der Waals surface area contributed by atoms with Crippen LogP contribution in [0.3, 0.4) is 0 Å². The maximum atomic E-state index is 12.2. The van der Waals surface area contributed by atoms with Gasteiger partial charge in [-0.05, 0) is 0 Å². The topological polar surface area (TPSA) is 87.7 Å². The minimum absolute atomic E-state index is 0.194. The van der Waals surface area contributed by atoms with Crippen molar-refractivity contribution < 1.29 is 14.0 Å². The second-order valence-corrected chi connectivity index (χ2v) is 7.04. The van der Waals surface area contributed by atoms with Crippen LogP contribution in [0.1, 0.15) is 0 Å². The summed E-state index contributed by atoms with van der Waals surface area (Å²) in [6, 6.07) is 20.0. The summed E-state index contributed by atoms with van der Waals surface area (Å²) >= 11 is 1.33. The molecular formula is C20H18N5O2S+. The van der Waals surface area contributed by atoms with Gasteiger partial charge in [-0.15, -0.1) is 0 Å². The van der Waals surface area contributed by atoms with Gasteiger partial charge in [0.05, 0.1) is 17.1 Å². The molecule has 0 unspecified atom stereocenters. The molecule has 1 amide bonds. The van der Waals surface area contributed by atoms with Gasteiger partial charge in [0.15, 0.2) is 17.5 Å². The van der Waals surface area contributed by atoms with E-state index in [-0.39, 0.29) is 11.7 Å². The van der Waals surface area contributed by atoms with Gasteiger partial charge in [0.1, 0.15) is 0 Å². The minimum Gasteiger partial charge on any atom is -0.332 e. The number of aryl methyl sites for hydroxylation is 1. The maximum absolute atomic E-state index is 12.2. The normalized spacial score (nSPS) is 10.8. The van der Waals surface area contributed by atoms with Crippen LogP contribution in [0, 0.1) is 0 Å². The second-order valence-electron chi connectivity index (χ2n) is 6.07. The molecule has 0 aliphatic rings. The van der Waals surface area contributed by atoms with Gasteiger partial charge in [0.2, 0.25) is 5.91 Å². The van der Waals surface area contributed by atoms with Crippen molar-refractivity contribution in [2.24, 2.45) is 7.05 Å². The molecular weight excluding hydrogens is 374 g/mol. The molecule has 0 atom stereocenters. The Morgan fingerprint density at radius 2 is 1.79 bits per heavy atom. The van der Waals surface area contributed by atoms with Crippen LogP contribution < -0.4 is 10.00 Å². The lowest BCUT2D eigenvalue weighted by Crippen LogP contribution is -2.28. The first-order chi connectivity index (χ1) is 13.7. The highest BCUT2D eigenvalue weighted by atomic mass is 32.2. The molecule has 0 saturated heterocycles. The van der Waals surface area contributed by atoms with E-state index < -0.39 is 0 Å². The lowest BCUT2D eigenvalue weighted by Gasteiger charge is -2.02. The van der Waals surface area contributed by atoms with Crippen molar-refractivity contribution in [1.82, 2.24) is 15.2 Å². The van der Waals surface area contributed by atoms with Gasteiger partial charge in [-0.25, -0.2) is 4.98 Å². The van der Waals surface area contributed by atoms with E-state index in [0.29, 0.717) is 11.0 Å². The molecule has 0 bridgehead atoms. The van der Waals surface area contributed by atoms with Crippen molar-refractivity contribution in [2.45, 2.75) is 5.16 Å². The van der Waals surface area contributed by atoms with Crippen LogP contribution in [0.25, 0.3) is 22.5 Å². The van der Waals surface area contributed by atoms with E-state index in [4.69, 9.17) is 9.51 Å². The molecule has 0 radical (unpaired) electrons. The quantitative estimate of drug-likeness (QED) is 0.388. The van der Waals surface area contributed by atoms with E-state index in [1.165, 1.54) is 16.4 Å². The smallest absolute Gasteiger partial charge is 0.302 e. The van der Waals surface area contributed by atoms with Gasteiger partial charge in [-0.1, -0.05) is 77.1 Å². The Morgan fingerprint density at radius 3 is 2.43 bits per heavy atom. The van der Waals surface area contributed by atoms with Crippen molar-refractivity contribution in [1.29, 1.82) is 0 Å². The van der Waals surface area contributed by atoms with E-state index >= 15 is 0 Å². The fraction of sp³-hybridized carbons (Fsp3) is 0.100. The zero-order valence-electron chi connectivity index (χ0n) is 15.1. The molecule has 2 aromatic heterocycles. The zero-order valence-corrected chi connectivity index (χ0v) is 15.9. The van der Waals surface area contributed by atoms with Crippen LogP contribution in [-0.2, 0) is 11.8 Å². The number of amides is 1. The predicted octanol–water partition coefficient (Wildman–Crippen LogP) is 3.29. The highest BCUT2D eigenvalue weighted by Gasteiger charge is 2.16. The van der Waals surface area contributed by atoms with Crippen LogP contribution in [-0.4, -0.2) is 26.9 Å². The zero-order chi connectivity index (χ0) is 19.3. The van der Waals surface area contributed by atoms with Crippen molar-refractivity contribution >= 4 is 23.6 Å². The van der Waals surface area contributed by atoms with Crippen molar-refractivity contribution in [3.05, 3.63) is 66.9 Å². The molecule has 2 aromatic carbocycles. The summed E-state index contributed by atoms with van der Waals surface area (Å²) in [5.41, 5.74) is 3.84. The molecule has 0 aliphatic carbocycles. The number of hydrogen-bond acceptors (Lipinski definition) is 5. The van der Waals surface area contributed by atoms with Crippen molar-refractivity contribution in [2.75, 3.05) is 11.1 Å². The molecule has 0 saturated carbocycles. The Balaban J connectivity index is 1.54. The molecule has 4 rings (SSSR count). The molecule has 2 heterocycles. The molecule has 4 aromatic rings. The number of hydrogen-bond donors (Lipinski definition) is 2. The van der Waals surface area contributed by atoms with E-state index in [9.17, 15) is 4.79 Å². The van der Waals surface area contributed by atoms with E-state index in [0.717, 1.165) is 22.5 Å².